The number of hydrogen-bond donors (Lipinski definition) is 2. The highest BCUT2D eigenvalue weighted by Gasteiger charge is 2.32. The normalized spacial score (nSPS) is 14.2. The van der Waals surface area contributed by atoms with Gasteiger partial charge in [0, 0.05) is 12.8 Å². The molecule has 0 bridgehead atoms. The average Bonchev–Trinajstić information content (AvgIpc) is 2.22. The lowest BCUT2D eigenvalue weighted by Gasteiger charge is -2.26. The molecule has 88 valence electrons. The van der Waals surface area contributed by atoms with Crippen LogP contribution >= 0.6 is 0 Å². The molecule has 1 unspecified atom stereocenters. The Morgan fingerprint density at radius 3 is 2.44 bits per heavy atom. The summed E-state index contributed by atoms with van der Waals surface area (Å²) >= 11 is 0. The molecule has 1 atom stereocenters. The number of carbonyl (C=O) groups is 1. The molecule has 1 aromatic carbocycles. The summed E-state index contributed by atoms with van der Waals surface area (Å²) in [4.78, 5) is 11.1. The molecule has 4 nitrogen and oxygen atoms in total. The lowest BCUT2D eigenvalue weighted by Crippen LogP contribution is -2.47. The van der Waals surface area contributed by atoms with Crippen LogP contribution in [0.1, 0.15) is 12.5 Å². The molecule has 0 saturated carbocycles. The van der Waals surface area contributed by atoms with Crippen molar-refractivity contribution in [2.24, 2.45) is 0 Å². The van der Waals surface area contributed by atoms with Crippen molar-refractivity contribution >= 4 is 11.7 Å². The third-order valence-corrected chi connectivity index (χ3v) is 2.38. The van der Waals surface area contributed by atoms with Crippen LogP contribution in [0, 0.1) is 6.92 Å². The highest BCUT2D eigenvalue weighted by molar-refractivity contribution is 5.82. The highest BCUT2D eigenvalue weighted by Crippen LogP contribution is 2.16. The summed E-state index contributed by atoms with van der Waals surface area (Å²) in [5.74, 6) is -0.935. The van der Waals surface area contributed by atoms with Gasteiger partial charge < -0.3 is 15.2 Å². The average molecular weight is 223 g/mol. The minimum atomic E-state index is -1.11. The lowest BCUT2D eigenvalue weighted by atomic mass is 10.0. The van der Waals surface area contributed by atoms with Crippen molar-refractivity contribution in [3.63, 3.8) is 0 Å². The van der Waals surface area contributed by atoms with Crippen molar-refractivity contribution in [2.75, 3.05) is 19.0 Å². The summed E-state index contributed by atoms with van der Waals surface area (Å²) in [6, 6.07) is 7.56. The lowest BCUT2D eigenvalue weighted by molar-refractivity contribution is -0.143. The SMILES string of the molecule is COCC(C)(Nc1ccc(C)cc1)C(=O)O. The first-order valence-corrected chi connectivity index (χ1v) is 5.05. The Kier molecular flexibility index (Phi) is 3.90. The zero-order chi connectivity index (χ0) is 12.2. The predicted octanol–water partition coefficient (Wildman–Crippen LogP) is 1.90. The monoisotopic (exact) mass is 223 g/mol. The van der Waals surface area contributed by atoms with Crippen molar-refractivity contribution in [1.82, 2.24) is 0 Å². The molecule has 4 heteroatoms. The van der Waals surface area contributed by atoms with Gasteiger partial charge in [0.15, 0.2) is 5.54 Å². The molecule has 0 aliphatic heterocycles. The van der Waals surface area contributed by atoms with Gasteiger partial charge in [-0.25, -0.2) is 4.79 Å². The summed E-state index contributed by atoms with van der Waals surface area (Å²) in [6.45, 7) is 3.68. The number of methoxy groups -OCH3 is 1. The maximum Gasteiger partial charge on any atom is 0.331 e. The molecule has 0 fully saturated rings. The van der Waals surface area contributed by atoms with Crippen LogP contribution in [0.15, 0.2) is 24.3 Å². The third kappa shape index (κ3) is 2.97. The van der Waals surface area contributed by atoms with E-state index in [0.29, 0.717) is 0 Å². The molecule has 2 N–H and O–H groups in total. The molecule has 1 aromatic rings. The van der Waals surface area contributed by atoms with Gasteiger partial charge in [0.25, 0.3) is 0 Å². The van der Waals surface area contributed by atoms with Crippen LogP contribution in [0.25, 0.3) is 0 Å². The molecule has 0 aromatic heterocycles. The van der Waals surface area contributed by atoms with E-state index in [1.165, 1.54) is 7.11 Å². The number of carboxylic acids is 1. The van der Waals surface area contributed by atoms with Crippen molar-refractivity contribution in [3.8, 4) is 0 Å². The summed E-state index contributed by atoms with van der Waals surface area (Å²) in [5, 5.41) is 12.1. The molecule has 0 aliphatic carbocycles. The number of rotatable bonds is 5. The van der Waals surface area contributed by atoms with E-state index in [-0.39, 0.29) is 6.61 Å². The zero-order valence-electron chi connectivity index (χ0n) is 9.78. The van der Waals surface area contributed by atoms with E-state index in [1.54, 1.807) is 6.92 Å². The van der Waals surface area contributed by atoms with Gasteiger partial charge in [-0.2, -0.15) is 0 Å². The number of aliphatic carboxylic acids is 1. The molecular formula is C12H17NO3. The topological polar surface area (TPSA) is 58.6 Å². The van der Waals surface area contributed by atoms with Gasteiger partial charge in [0.05, 0.1) is 6.61 Å². The summed E-state index contributed by atoms with van der Waals surface area (Å²) in [6.07, 6.45) is 0. The predicted molar refractivity (Wildman–Crippen MR) is 62.7 cm³/mol. The Bertz CT molecular complexity index is 361. The largest absolute Gasteiger partial charge is 0.479 e. The molecule has 0 amide bonds. The first-order valence-electron chi connectivity index (χ1n) is 5.05. The van der Waals surface area contributed by atoms with Gasteiger partial charge >= 0.3 is 5.97 Å². The maximum absolute atomic E-state index is 11.1. The van der Waals surface area contributed by atoms with Gasteiger partial charge in [-0.05, 0) is 26.0 Å². The number of aryl methyl sites for hydroxylation is 1. The highest BCUT2D eigenvalue weighted by atomic mass is 16.5. The zero-order valence-corrected chi connectivity index (χ0v) is 9.78. The van der Waals surface area contributed by atoms with E-state index >= 15 is 0 Å². The number of carboxylic acid groups (broad SMARTS) is 1. The van der Waals surface area contributed by atoms with Crippen LogP contribution in [0.3, 0.4) is 0 Å². The van der Waals surface area contributed by atoms with Gasteiger partial charge in [-0.3, -0.25) is 0 Å². The fourth-order valence-electron chi connectivity index (χ4n) is 1.40. The summed E-state index contributed by atoms with van der Waals surface area (Å²) < 4.78 is 4.92. The quantitative estimate of drug-likeness (QED) is 0.800. The minimum absolute atomic E-state index is 0.107. The standard InChI is InChI=1S/C12H17NO3/c1-9-4-6-10(7-5-9)13-12(2,8-16-3)11(14)15/h4-7,13H,8H2,1-3H3,(H,14,15). The first kappa shape index (κ1) is 12.5. The summed E-state index contributed by atoms with van der Waals surface area (Å²) in [5.41, 5.74) is 0.797. The molecule has 0 aliphatic rings. The van der Waals surface area contributed by atoms with Crippen LogP contribution in [-0.2, 0) is 9.53 Å². The first-order chi connectivity index (χ1) is 7.48. The van der Waals surface area contributed by atoms with Crippen LogP contribution in [-0.4, -0.2) is 30.3 Å². The van der Waals surface area contributed by atoms with Gasteiger partial charge in [0.1, 0.15) is 0 Å². The Balaban J connectivity index is 2.83. The van der Waals surface area contributed by atoms with Gasteiger partial charge in [-0.15, -0.1) is 0 Å². The fraction of sp³-hybridized carbons (Fsp3) is 0.417. The fourth-order valence-corrected chi connectivity index (χ4v) is 1.40. The number of ether oxygens (including phenoxy) is 1. The van der Waals surface area contributed by atoms with Crippen LogP contribution in [0.4, 0.5) is 5.69 Å². The van der Waals surface area contributed by atoms with Gasteiger partial charge in [0.2, 0.25) is 0 Å². The van der Waals surface area contributed by atoms with Crippen LogP contribution in [0.5, 0.6) is 0 Å². The van der Waals surface area contributed by atoms with E-state index in [1.807, 2.05) is 31.2 Å². The van der Waals surface area contributed by atoms with Crippen molar-refractivity contribution in [3.05, 3.63) is 29.8 Å². The Hall–Kier alpha value is -1.55. The Morgan fingerprint density at radius 2 is 2.00 bits per heavy atom. The molecule has 0 heterocycles. The summed E-state index contributed by atoms with van der Waals surface area (Å²) in [7, 11) is 1.48. The van der Waals surface area contributed by atoms with E-state index in [4.69, 9.17) is 9.84 Å². The van der Waals surface area contributed by atoms with Crippen molar-refractivity contribution < 1.29 is 14.6 Å². The molecule has 0 radical (unpaired) electrons. The van der Waals surface area contributed by atoms with Crippen molar-refractivity contribution in [2.45, 2.75) is 19.4 Å². The minimum Gasteiger partial charge on any atom is -0.479 e. The van der Waals surface area contributed by atoms with E-state index in [9.17, 15) is 4.79 Å². The second kappa shape index (κ2) is 4.99. The number of benzene rings is 1. The number of anilines is 1. The van der Waals surface area contributed by atoms with Crippen LogP contribution < -0.4 is 5.32 Å². The van der Waals surface area contributed by atoms with Gasteiger partial charge in [-0.1, -0.05) is 17.7 Å². The van der Waals surface area contributed by atoms with E-state index in [2.05, 4.69) is 5.32 Å². The second-order valence-corrected chi connectivity index (χ2v) is 4.06. The number of nitrogens with one attached hydrogen (secondary N) is 1. The molecule has 0 saturated heterocycles. The molecular weight excluding hydrogens is 206 g/mol. The van der Waals surface area contributed by atoms with Crippen molar-refractivity contribution in [1.29, 1.82) is 0 Å². The molecule has 1 rings (SSSR count). The maximum atomic E-state index is 11.1. The molecule has 0 spiro atoms. The Labute approximate surface area is 95.2 Å². The van der Waals surface area contributed by atoms with E-state index in [0.717, 1.165) is 11.3 Å². The number of hydrogen-bond acceptors (Lipinski definition) is 3. The Morgan fingerprint density at radius 1 is 1.44 bits per heavy atom. The molecule has 16 heavy (non-hydrogen) atoms. The van der Waals surface area contributed by atoms with Crippen LogP contribution in [0.2, 0.25) is 0 Å². The second-order valence-electron chi connectivity index (χ2n) is 4.06. The smallest absolute Gasteiger partial charge is 0.331 e. The van der Waals surface area contributed by atoms with E-state index < -0.39 is 11.5 Å². The third-order valence-electron chi connectivity index (χ3n) is 2.38.